The van der Waals surface area contributed by atoms with Gasteiger partial charge in [-0.1, -0.05) is 18.2 Å². The summed E-state index contributed by atoms with van der Waals surface area (Å²) in [6, 6.07) is 10.3. The van der Waals surface area contributed by atoms with E-state index < -0.39 is 5.91 Å². The van der Waals surface area contributed by atoms with Gasteiger partial charge < -0.3 is 16.0 Å². The van der Waals surface area contributed by atoms with Gasteiger partial charge in [0.05, 0.1) is 15.8 Å². The highest BCUT2D eigenvalue weighted by Gasteiger charge is 2.15. The van der Waals surface area contributed by atoms with Crippen LogP contribution in [0.3, 0.4) is 0 Å². The van der Waals surface area contributed by atoms with Crippen molar-refractivity contribution in [1.82, 2.24) is 0 Å². The highest BCUT2D eigenvalue weighted by Crippen LogP contribution is 2.20. The third-order valence-electron chi connectivity index (χ3n) is 3.35. The number of amides is 2. The Bertz CT molecular complexity index is 728. The summed E-state index contributed by atoms with van der Waals surface area (Å²) >= 11 is 7.46. The lowest BCUT2D eigenvalue weighted by Gasteiger charge is -2.16. The van der Waals surface area contributed by atoms with E-state index in [-0.39, 0.29) is 5.91 Å². The molecular formula is C17H19ClN3O2S+. The monoisotopic (exact) mass is 364 g/mol. The summed E-state index contributed by atoms with van der Waals surface area (Å²) in [4.78, 5) is 25.5. The molecule has 0 bridgehead atoms. The molecule has 0 aliphatic heterocycles. The molecule has 7 heteroatoms. The van der Waals surface area contributed by atoms with Crippen LogP contribution in [0.2, 0.25) is 4.34 Å². The molecule has 1 atom stereocenters. The number of hydrogen-bond acceptors (Lipinski definition) is 3. The Labute approximate surface area is 149 Å². The van der Waals surface area contributed by atoms with Crippen LogP contribution in [0.4, 0.5) is 5.69 Å². The summed E-state index contributed by atoms with van der Waals surface area (Å²) in [5, 5.41) is 2.82. The number of primary amides is 1. The first-order valence-electron chi connectivity index (χ1n) is 7.36. The van der Waals surface area contributed by atoms with Gasteiger partial charge in [0.15, 0.2) is 6.54 Å². The van der Waals surface area contributed by atoms with Crippen molar-refractivity contribution in [2.75, 3.05) is 18.4 Å². The number of rotatable bonds is 8. The normalized spacial score (nSPS) is 11.7. The van der Waals surface area contributed by atoms with Crippen LogP contribution in [0.15, 0.2) is 49.1 Å². The van der Waals surface area contributed by atoms with Gasteiger partial charge >= 0.3 is 0 Å². The van der Waals surface area contributed by atoms with E-state index in [0.717, 1.165) is 14.1 Å². The van der Waals surface area contributed by atoms with Gasteiger partial charge in [-0.15, -0.1) is 11.3 Å². The largest absolute Gasteiger partial charge is 0.366 e. The fraction of sp³-hybridized carbons (Fsp3) is 0.176. The van der Waals surface area contributed by atoms with E-state index in [2.05, 4.69) is 11.9 Å². The summed E-state index contributed by atoms with van der Waals surface area (Å²) < 4.78 is 0.738. The van der Waals surface area contributed by atoms with Gasteiger partial charge in [-0.05, 0) is 42.5 Å². The van der Waals surface area contributed by atoms with Crippen molar-refractivity contribution in [1.29, 1.82) is 0 Å². The highest BCUT2D eigenvalue weighted by molar-refractivity contribution is 7.16. The number of benzene rings is 1. The Morgan fingerprint density at radius 3 is 2.50 bits per heavy atom. The maximum absolute atomic E-state index is 12.2. The predicted octanol–water partition coefficient (Wildman–Crippen LogP) is 1.71. The predicted molar refractivity (Wildman–Crippen MR) is 97.5 cm³/mol. The Morgan fingerprint density at radius 1 is 1.25 bits per heavy atom. The van der Waals surface area contributed by atoms with E-state index >= 15 is 0 Å². The lowest BCUT2D eigenvalue weighted by Crippen LogP contribution is -3.11. The molecule has 0 radical (unpaired) electrons. The average Bonchev–Trinajstić information content (AvgIpc) is 2.93. The molecule has 0 spiro atoms. The van der Waals surface area contributed by atoms with Gasteiger partial charge in [-0.3, -0.25) is 9.59 Å². The topological polar surface area (TPSA) is 76.6 Å². The number of nitrogens with two attached hydrogens (primary N) is 1. The third kappa shape index (κ3) is 5.49. The van der Waals surface area contributed by atoms with Crippen LogP contribution in [-0.4, -0.2) is 24.9 Å². The molecule has 0 saturated carbocycles. The standard InChI is InChI=1S/C17H18ClN3O2S/c1-2-9-21(10-14-7-8-15(18)24-14)11-16(22)20-13-5-3-12(4-6-13)17(19)23/h2-8H,1,9-11H2,(H2,19,23)(H,20,22)/p+1. The lowest BCUT2D eigenvalue weighted by atomic mass is 10.2. The number of carbonyl (C=O) groups is 2. The molecule has 1 unspecified atom stereocenters. The minimum atomic E-state index is -0.496. The van der Waals surface area contributed by atoms with Crippen LogP contribution in [-0.2, 0) is 11.3 Å². The first kappa shape index (κ1) is 18.2. The van der Waals surface area contributed by atoms with Crippen molar-refractivity contribution in [3.63, 3.8) is 0 Å². The minimum absolute atomic E-state index is 0.110. The fourth-order valence-electron chi connectivity index (χ4n) is 2.25. The van der Waals surface area contributed by atoms with Crippen molar-refractivity contribution < 1.29 is 14.5 Å². The maximum atomic E-state index is 12.2. The van der Waals surface area contributed by atoms with Gasteiger partial charge in [0, 0.05) is 11.3 Å². The third-order valence-corrected chi connectivity index (χ3v) is 4.58. The molecular weight excluding hydrogens is 346 g/mol. The van der Waals surface area contributed by atoms with Crippen molar-refractivity contribution in [2.24, 2.45) is 5.73 Å². The quantitative estimate of drug-likeness (QED) is 0.624. The summed E-state index contributed by atoms with van der Waals surface area (Å²) in [7, 11) is 0. The van der Waals surface area contributed by atoms with E-state index in [1.54, 1.807) is 30.3 Å². The summed E-state index contributed by atoms with van der Waals surface area (Å²) in [6.07, 6.45) is 1.79. The summed E-state index contributed by atoms with van der Waals surface area (Å²) in [5.41, 5.74) is 6.22. The number of carbonyl (C=O) groups excluding carboxylic acids is 2. The highest BCUT2D eigenvalue weighted by atomic mass is 35.5. The molecule has 2 amide bonds. The number of anilines is 1. The van der Waals surface area contributed by atoms with Crippen molar-refractivity contribution in [3.8, 4) is 0 Å². The molecule has 1 heterocycles. The Balaban J connectivity index is 1.94. The number of thiophene rings is 1. The second-order valence-corrected chi connectivity index (χ2v) is 7.09. The molecule has 126 valence electrons. The first-order valence-corrected chi connectivity index (χ1v) is 8.55. The smallest absolute Gasteiger partial charge is 0.279 e. The minimum Gasteiger partial charge on any atom is -0.366 e. The second-order valence-electron chi connectivity index (χ2n) is 5.29. The van der Waals surface area contributed by atoms with Gasteiger partial charge in [0.25, 0.3) is 5.91 Å². The molecule has 0 saturated heterocycles. The van der Waals surface area contributed by atoms with Crippen LogP contribution in [0.1, 0.15) is 15.2 Å². The zero-order valence-electron chi connectivity index (χ0n) is 13.0. The van der Waals surface area contributed by atoms with E-state index in [1.165, 1.54) is 11.3 Å². The van der Waals surface area contributed by atoms with Crippen LogP contribution >= 0.6 is 22.9 Å². The van der Waals surface area contributed by atoms with E-state index in [4.69, 9.17) is 17.3 Å². The van der Waals surface area contributed by atoms with Crippen molar-refractivity contribution in [2.45, 2.75) is 6.54 Å². The molecule has 1 aromatic carbocycles. The number of halogens is 1. The number of nitrogens with one attached hydrogen (secondary N) is 2. The molecule has 24 heavy (non-hydrogen) atoms. The fourth-order valence-corrected chi connectivity index (χ4v) is 3.41. The van der Waals surface area contributed by atoms with Crippen LogP contribution in [0.5, 0.6) is 0 Å². The Hall–Kier alpha value is -2.15. The molecule has 5 nitrogen and oxygen atoms in total. The summed E-state index contributed by atoms with van der Waals surface area (Å²) in [6.45, 7) is 5.43. The van der Waals surface area contributed by atoms with Gasteiger partial charge in [-0.2, -0.15) is 0 Å². The maximum Gasteiger partial charge on any atom is 0.279 e. The number of quaternary nitrogens is 1. The lowest BCUT2D eigenvalue weighted by molar-refractivity contribution is -0.899. The van der Waals surface area contributed by atoms with Crippen molar-refractivity contribution in [3.05, 3.63) is 63.8 Å². The summed E-state index contributed by atoms with van der Waals surface area (Å²) in [5.74, 6) is -0.606. The first-order chi connectivity index (χ1) is 11.5. The molecule has 0 fully saturated rings. The van der Waals surface area contributed by atoms with Crippen LogP contribution in [0.25, 0.3) is 0 Å². The Kier molecular flexibility index (Phi) is 6.54. The second kappa shape index (κ2) is 8.63. The molecule has 0 aliphatic carbocycles. The number of hydrogen-bond donors (Lipinski definition) is 3. The van der Waals surface area contributed by atoms with Crippen LogP contribution in [0, 0.1) is 0 Å². The molecule has 1 aromatic heterocycles. The van der Waals surface area contributed by atoms with Crippen LogP contribution < -0.4 is 16.0 Å². The van der Waals surface area contributed by atoms with E-state index in [0.29, 0.717) is 30.9 Å². The average molecular weight is 365 g/mol. The SMILES string of the molecule is C=CC[NH+](CC(=O)Nc1ccc(C(N)=O)cc1)Cc1ccc(Cl)s1. The van der Waals surface area contributed by atoms with E-state index in [1.807, 2.05) is 12.1 Å². The molecule has 2 aromatic rings. The van der Waals surface area contributed by atoms with Gasteiger partial charge in [0.2, 0.25) is 5.91 Å². The molecule has 2 rings (SSSR count). The van der Waals surface area contributed by atoms with E-state index in [9.17, 15) is 9.59 Å². The Morgan fingerprint density at radius 2 is 1.96 bits per heavy atom. The zero-order valence-corrected chi connectivity index (χ0v) is 14.6. The van der Waals surface area contributed by atoms with Gasteiger partial charge in [0.1, 0.15) is 6.54 Å². The van der Waals surface area contributed by atoms with Gasteiger partial charge in [-0.25, -0.2) is 0 Å². The molecule has 4 N–H and O–H groups in total. The molecule has 0 aliphatic rings. The van der Waals surface area contributed by atoms with Crippen molar-refractivity contribution >= 4 is 40.4 Å². The zero-order chi connectivity index (χ0) is 17.5.